The molecule has 1 heterocycles. The lowest BCUT2D eigenvalue weighted by molar-refractivity contribution is -0.142. The van der Waals surface area contributed by atoms with Crippen LogP contribution in [0, 0.1) is 0 Å². The van der Waals surface area contributed by atoms with Gasteiger partial charge in [-0.1, -0.05) is 0 Å². The number of carboxylic acids is 1. The highest BCUT2D eigenvalue weighted by molar-refractivity contribution is 9.11. The molecule has 29 heavy (non-hydrogen) atoms. The number of aromatic hydroxyl groups is 1. The molecule has 2 unspecified atom stereocenters. The summed E-state index contributed by atoms with van der Waals surface area (Å²) in [5, 5.41) is 22.2. The fourth-order valence-corrected chi connectivity index (χ4v) is 5.18. The maximum absolute atomic E-state index is 11.7. The summed E-state index contributed by atoms with van der Waals surface area (Å²) < 4.78 is 18.8. The van der Waals surface area contributed by atoms with E-state index in [-0.39, 0.29) is 11.9 Å². The van der Waals surface area contributed by atoms with E-state index in [0.717, 1.165) is 0 Å². The molecule has 0 spiro atoms. The van der Waals surface area contributed by atoms with Crippen molar-refractivity contribution in [3.05, 3.63) is 56.5 Å². The molecule has 0 saturated heterocycles. The van der Waals surface area contributed by atoms with Crippen LogP contribution in [0.4, 0.5) is 0 Å². The van der Waals surface area contributed by atoms with Crippen LogP contribution >= 0.6 is 39.2 Å². The average Bonchev–Trinajstić information content (AvgIpc) is 2.55. The van der Waals surface area contributed by atoms with Gasteiger partial charge in [-0.25, -0.2) is 4.79 Å². The number of nitrogens with one attached hydrogen (secondary N) is 1. The number of phenols is 1. The Kier molecular flexibility index (Phi) is 5.89. The largest absolute Gasteiger partial charge is 0.507 e. The molecule has 7 nitrogen and oxygen atoms in total. The van der Waals surface area contributed by atoms with Crippen LogP contribution in [0.5, 0.6) is 17.2 Å². The van der Waals surface area contributed by atoms with Gasteiger partial charge in [0.25, 0.3) is 0 Å². The maximum Gasteiger partial charge on any atom is 0.333 e. The van der Waals surface area contributed by atoms with Crippen molar-refractivity contribution in [2.45, 2.75) is 18.6 Å². The number of aliphatic carboxylic acids is 1. The van der Waals surface area contributed by atoms with E-state index in [1.54, 1.807) is 24.3 Å². The number of rotatable bonds is 6. The van der Waals surface area contributed by atoms with Gasteiger partial charge in [-0.15, -0.1) is 0 Å². The third-order valence-corrected chi connectivity index (χ3v) is 6.41. The second kappa shape index (κ2) is 7.80. The molecular formula is C19H18Br2NO6P. The standard InChI is InChI=1S/C19H18Br2NO6P/c1-19(18(24)25)8-15(22-19)12-7-11(3-4-16(12)23)28-17-13(20)5-10(6-14(17)21)9-29(2,26)27/h3-8,22-23H,9H2,1-2H3,(H,24,25)(H,26,27). The fourth-order valence-electron chi connectivity index (χ4n) is 2.88. The van der Waals surface area contributed by atoms with Crippen LogP contribution in [0.25, 0.3) is 5.70 Å². The number of phenolic OH excluding ortho intramolecular Hbond substituents is 1. The number of carbonyl (C=O) groups is 1. The summed E-state index contributed by atoms with van der Waals surface area (Å²) in [6.07, 6.45) is 1.56. The molecule has 1 aliphatic heterocycles. The van der Waals surface area contributed by atoms with Gasteiger partial charge in [0.2, 0.25) is 7.37 Å². The first-order valence-electron chi connectivity index (χ1n) is 8.41. The summed E-state index contributed by atoms with van der Waals surface area (Å²) in [7, 11) is -3.21. The zero-order valence-electron chi connectivity index (χ0n) is 15.4. The van der Waals surface area contributed by atoms with Crippen LogP contribution < -0.4 is 10.1 Å². The first-order valence-corrected chi connectivity index (χ1v) is 12.3. The smallest absolute Gasteiger partial charge is 0.333 e. The van der Waals surface area contributed by atoms with Gasteiger partial charge in [0.05, 0.1) is 8.95 Å². The van der Waals surface area contributed by atoms with Crippen molar-refractivity contribution in [3.63, 3.8) is 0 Å². The van der Waals surface area contributed by atoms with Gasteiger partial charge in [-0.2, -0.15) is 0 Å². The summed E-state index contributed by atoms with van der Waals surface area (Å²) in [5.74, 6) is -0.152. The minimum atomic E-state index is -3.21. The Balaban J connectivity index is 1.89. The van der Waals surface area contributed by atoms with E-state index >= 15 is 0 Å². The Bertz CT molecular complexity index is 1060. The van der Waals surface area contributed by atoms with Gasteiger partial charge in [0.1, 0.15) is 11.5 Å². The summed E-state index contributed by atoms with van der Waals surface area (Å²) in [6.45, 7) is 2.82. The molecule has 2 atom stereocenters. The van der Waals surface area contributed by atoms with Gasteiger partial charge in [0.15, 0.2) is 11.3 Å². The summed E-state index contributed by atoms with van der Waals surface area (Å²) in [6, 6.07) is 8.05. The van der Waals surface area contributed by atoms with E-state index in [2.05, 4.69) is 37.2 Å². The topological polar surface area (TPSA) is 116 Å². The van der Waals surface area contributed by atoms with Crippen molar-refractivity contribution in [1.29, 1.82) is 0 Å². The van der Waals surface area contributed by atoms with Gasteiger partial charge in [0, 0.05) is 24.1 Å². The first kappa shape index (κ1) is 21.9. The molecule has 3 rings (SSSR count). The molecule has 0 saturated carbocycles. The highest BCUT2D eigenvalue weighted by atomic mass is 79.9. The van der Waals surface area contributed by atoms with Gasteiger partial charge >= 0.3 is 5.97 Å². The van der Waals surface area contributed by atoms with E-state index in [1.807, 2.05) is 0 Å². The molecule has 0 radical (unpaired) electrons. The van der Waals surface area contributed by atoms with Crippen LogP contribution in [0.3, 0.4) is 0 Å². The van der Waals surface area contributed by atoms with Crippen LogP contribution in [0.1, 0.15) is 18.1 Å². The monoisotopic (exact) mass is 545 g/mol. The molecule has 2 aromatic rings. The highest BCUT2D eigenvalue weighted by Gasteiger charge is 2.39. The van der Waals surface area contributed by atoms with Crippen LogP contribution in [0.2, 0.25) is 0 Å². The number of benzene rings is 2. The minimum absolute atomic E-state index is 0.0151. The van der Waals surface area contributed by atoms with Crippen molar-refractivity contribution in [2.75, 3.05) is 6.66 Å². The SMILES string of the molecule is CC1(C(=O)O)C=C(c2cc(Oc3c(Br)cc(CP(C)(=O)O)cc3Br)ccc2O)N1. The van der Waals surface area contributed by atoms with E-state index in [4.69, 9.17) is 4.74 Å². The molecule has 10 heteroatoms. The molecule has 0 amide bonds. The quantitative estimate of drug-likeness (QED) is 0.381. The third-order valence-electron chi connectivity index (χ3n) is 4.28. The van der Waals surface area contributed by atoms with E-state index in [0.29, 0.717) is 37.3 Å². The first-order chi connectivity index (χ1) is 13.4. The van der Waals surface area contributed by atoms with Crippen molar-refractivity contribution >= 4 is 50.9 Å². The molecule has 154 valence electrons. The Morgan fingerprint density at radius 3 is 2.34 bits per heavy atom. The second-order valence-electron chi connectivity index (χ2n) is 7.07. The van der Waals surface area contributed by atoms with E-state index in [1.165, 1.54) is 25.7 Å². The normalized spacial score (nSPS) is 20.1. The molecule has 0 aromatic heterocycles. The van der Waals surface area contributed by atoms with Crippen molar-refractivity contribution in [1.82, 2.24) is 5.32 Å². The zero-order chi connectivity index (χ0) is 21.6. The van der Waals surface area contributed by atoms with Gasteiger partial charge in [-0.05, 0) is 80.8 Å². The number of hydrogen-bond donors (Lipinski definition) is 4. The lowest BCUT2D eigenvalue weighted by Crippen LogP contribution is -2.53. The van der Waals surface area contributed by atoms with Gasteiger partial charge < -0.3 is 25.2 Å². The highest BCUT2D eigenvalue weighted by Crippen LogP contribution is 2.44. The maximum atomic E-state index is 11.7. The predicted octanol–water partition coefficient (Wildman–Crippen LogP) is 4.90. The zero-order valence-corrected chi connectivity index (χ0v) is 19.5. The number of carboxylic acid groups (broad SMARTS) is 1. The molecule has 0 fully saturated rings. The minimum Gasteiger partial charge on any atom is -0.507 e. The number of halogens is 2. The molecule has 4 N–H and O–H groups in total. The third kappa shape index (κ3) is 4.86. The molecule has 1 aliphatic rings. The number of hydrogen-bond acceptors (Lipinski definition) is 5. The van der Waals surface area contributed by atoms with Crippen LogP contribution in [-0.4, -0.2) is 33.3 Å². The number of ether oxygens (including phenoxy) is 1. The average molecular weight is 547 g/mol. The summed E-state index contributed by atoms with van der Waals surface area (Å²) >= 11 is 6.83. The van der Waals surface area contributed by atoms with Crippen molar-refractivity contribution in [3.8, 4) is 17.2 Å². The fraction of sp³-hybridized carbons (Fsp3) is 0.211. The van der Waals surface area contributed by atoms with E-state index < -0.39 is 18.9 Å². The summed E-state index contributed by atoms with van der Waals surface area (Å²) in [4.78, 5) is 20.8. The lowest BCUT2D eigenvalue weighted by atomic mass is 9.90. The molecule has 0 aliphatic carbocycles. The van der Waals surface area contributed by atoms with E-state index in [9.17, 15) is 24.5 Å². The molecule has 2 aromatic carbocycles. The molecular weight excluding hydrogens is 529 g/mol. The Labute approximate surface area is 184 Å². The Hall–Kier alpha value is -1.80. The van der Waals surface area contributed by atoms with Crippen LogP contribution in [0.15, 0.2) is 45.4 Å². The van der Waals surface area contributed by atoms with Crippen LogP contribution in [-0.2, 0) is 15.5 Å². The van der Waals surface area contributed by atoms with Crippen molar-refractivity contribution < 1.29 is 29.2 Å². The summed E-state index contributed by atoms with van der Waals surface area (Å²) in [5.41, 5.74) is 0.407. The lowest BCUT2D eigenvalue weighted by Gasteiger charge is -2.35. The predicted molar refractivity (Wildman–Crippen MR) is 117 cm³/mol. The molecule has 0 bridgehead atoms. The Morgan fingerprint density at radius 2 is 1.83 bits per heavy atom. The second-order valence-corrected chi connectivity index (χ2v) is 11.2. The van der Waals surface area contributed by atoms with Gasteiger partial charge in [-0.3, -0.25) is 4.57 Å². The van der Waals surface area contributed by atoms with Crippen molar-refractivity contribution in [2.24, 2.45) is 0 Å². The Morgan fingerprint density at radius 1 is 1.24 bits per heavy atom.